The molecule has 0 aromatic heterocycles. The molecule has 106 valence electrons. The first-order valence-corrected chi connectivity index (χ1v) is 6.02. The Balaban J connectivity index is 0.00000180. The molecule has 19 heavy (non-hydrogen) atoms. The second-order valence-electron chi connectivity index (χ2n) is 4.83. The van der Waals surface area contributed by atoms with Crippen molar-refractivity contribution in [2.45, 2.75) is 31.7 Å². The summed E-state index contributed by atoms with van der Waals surface area (Å²) in [5, 5.41) is 5.70. The quantitative estimate of drug-likeness (QED) is 0.879. The maximum absolute atomic E-state index is 13.0. The zero-order chi connectivity index (χ0) is 13.2. The maximum atomic E-state index is 13.0. The average Bonchev–Trinajstić information content (AvgIpc) is 2.28. The molecule has 0 radical (unpaired) electrons. The van der Waals surface area contributed by atoms with E-state index >= 15 is 0 Å². The molecule has 0 saturated carbocycles. The van der Waals surface area contributed by atoms with Crippen LogP contribution in [0.4, 0.5) is 14.5 Å². The van der Waals surface area contributed by atoms with Crippen LogP contribution in [0.3, 0.4) is 0 Å². The van der Waals surface area contributed by atoms with Gasteiger partial charge in [-0.15, -0.1) is 12.4 Å². The van der Waals surface area contributed by atoms with E-state index < -0.39 is 17.2 Å². The number of nitrogens with one attached hydrogen (secondary N) is 2. The minimum Gasteiger partial charge on any atom is -0.324 e. The van der Waals surface area contributed by atoms with E-state index in [9.17, 15) is 13.6 Å². The van der Waals surface area contributed by atoms with Crippen LogP contribution in [-0.4, -0.2) is 18.0 Å². The molecule has 1 fully saturated rings. The number of carbonyl (C=O) groups is 1. The fourth-order valence-electron chi connectivity index (χ4n) is 2.15. The van der Waals surface area contributed by atoms with Crippen molar-refractivity contribution < 1.29 is 13.6 Å². The van der Waals surface area contributed by atoms with Crippen LogP contribution in [0.1, 0.15) is 26.2 Å². The number of rotatable bonds is 2. The summed E-state index contributed by atoms with van der Waals surface area (Å²) in [5.74, 6) is -1.66. The van der Waals surface area contributed by atoms with E-state index in [0.717, 1.165) is 44.0 Å². The third-order valence-corrected chi connectivity index (χ3v) is 3.24. The molecule has 1 saturated heterocycles. The molecule has 0 aliphatic carbocycles. The van der Waals surface area contributed by atoms with Gasteiger partial charge in [0.05, 0.1) is 5.54 Å². The Hall–Kier alpha value is -1.20. The van der Waals surface area contributed by atoms with E-state index in [-0.39, 0.29) is 24.0 Å². The second kappa shape index (κ2) is 6.30. The van der Waals surface area contributed by atoms with Crippen molar-refractivity contribution >= 4 is 24.0 Å². The highest BCUT2D eigenvalue weighted by Crippen LogP contribution is 2.21. The lowest BCUT2D eigenvalue weighted by molar-refractivity contribution is -0.122. The van der Waals surface area contributed by atoms with Crippen LogP contribution in [-0.2, 0) is 4.79 Å². The molecule has 1 aromatic carbocycles. The molecular formula is C13H17ClF2N2O. The van der Waals surface area contributed by atoms with Crippen LogP contribution in [0.15, 0.2) is 18.2 Å². The number of piperidine rings is 1. The summed E-state index contributed by atoms with van der Waals surface area (Å²) in [6, 6.07) is 2.98. The van der Waals surface area contributed by atoms with E-state index in [1.165, 1.54) is 0 Å². The van der Waals surface area contributed by atoms with Crippen LogP contribution in [0.5, 0.6) is 0 Å². The molecule has 2 rings (SSSR count). The van der Waals surface area contributed by atoms with Gasteiger partial charge in [0.15, 0.2) is 0 Å². The Morgan fingerprint density at radius 3 is 2.42 bits per heavy atom. The van der Waals surface area contributed by atoms with Crippen molar-refractivity contribution in [3.8, 4) is 0 Å². The average molecular weight is 291 g/mol. The first-order chi connectivity index (χ1) is 8.49. The lowest BCUT2D eigenvalue weighted by Crippen LogP contribution is -2.54. The Bertz CT molecular complexity index is 442. The molecule has 3 nitrogen and oxygen atoms in total. The smallest absolute Gasteiger partial charge is 0.244 e. The molecule has 1 aliphatic heterocycles. The van der Waals surface area contributed by atoms with Gasteiger partial charge >= 0.3 is 0 Å². The van der Waals surface area contributed by atoms with Gasteiger partial charge in [0.2, 0.25) is 5.91 Å². The topological polar surface area (TPSA) is 41.1 Å². The zero-order valence-corrected chi connectivity index (χ0v) is 11.4. The summed E-state index contributed by atoms with van der Waals surface area (Å²) in [6.45, 7) is 2.58. The summed E-state index contributed by atoms with van der Waals surface area (Å²) in [5.41, 5.74) is -0.521. The van der Waals surface area contributed by atoms with Crippen molar-refractivity contribution in [1.82, 2.24) is 5.32 Å². The van der Waals surface area contributed by atoms with E-state index in [0.29, 0.717) is 0 Å². The van der Waals surface area contributed by atoms with Crippen LogP contribution >= 0.6 is 12.4 Å². The van der Waals surface area contributed by atoms with Crippen LogP contribution in [0.25, 0.3) is 0 Å². The van der Waals surface area contributed by atoms with Crippen molar-refractivity contribution in [2.24, 2.45) is 0 Å². The number of amides is 1. The zero-order valence-electron chi connectivity index (χ0n) is 10.6. The lowest BCUT2D eigenvalue weighted by Gasteiger charge is -2.33. The monoisotopic (exact) mass is 290 g/mol. The number of carbonyl (C=O) groups excluding carboxylic acids is 1. The number of benzene rings is 1. The highest BCUT2D eigenvalue weighted by atomic mass is 35.5. The largest absolute Gasteiger partial charge is 0.324 e. The molecule has 1 atom stereocenters. The van der Waals surface area contributed by atoms with Gasteiger partial charge in [0.25, 0.3) is 0 Å². The highest BCUT2D eigenvalue weighted by molar-refractivity contribution is 5.97. The molecule has 2 N–H and O–H groups in total. The van der Waals surface area contributed by atoms with Gasteiger partial charge in [-0.1, -0.05) is 0 Å². The molecule has 1 unspecified atom stereocenters. The van der Waals surface area contributed by atoms with Gasteiger partial charge in [-0.05, 0) is 44.9 Å². The minimum atomic E-state index is -0.702. The van der Waals surface area contributed by atoms with Gasteiger partial charge in [-0.3, -0.25) is 4.79 Å². The van der Waals surface area contributed by atoms with Crippen molar-refractivity contribution in [3.05, 3.63) is 29.8 Å². The standard InChI is InChI=1S/C13H16F2N2O.ClH/c1-13(4-2-3-5-16-13)12(18)17-11-7-9(14)6-10(15)8-11;/h6-8,16H,2-5H2,1H3,(H,17,18);1H. The Morgan fingerprint density at radius 2 is 1.89 bits per heavy atom. The van der Waals surface area contributed by atoms with E-state index in [1.807, 2.05) is 0 Å². The summed E-state index contributed by atoms with van der Waals surface area (Å²) in [4.78, 5) is 12.1. The Morgan fingerprint density at radius 1 is 1.26 bits per heavy atom. The highest BCUT2D eigenvalue weighted by Gasteiger charge is 2.34. The molecule has 1 heterocycles. The summed E-state index contributed by atoms with van der Waals surface area (Å²) >= 11 is 0. The van der Waals surface area contributed by atoms with E-state index in [2.05, 4.69) is 10.6 Å². The Kier molecular flexibility index (Phi) is 5.26. The first kappa shape index (κ1) is 15.9. The number of anilines is 1. The first-order valence-electron chi connectivity index (χ1n) is 6.02. The summed E-state index contributed by atoms with van der Waals surface area (Å²) in [7, 11) is 0. The molecule has 6 heteroatoms. The number of halogens is 3. The van der Waals surface area contributed by atoms with E-state index in [4.69, 9.17) is 0 Å². The molecule has 0 spiro atoms. The SMILES string of the molecule is CC1(C(=O)Nc2cc(F)cc(F)c2)CCCCN1.Cl. The molecule has 0 bridgehead atoms. The van der Waals surface area contributed by atoms with Gasteiger partial charge in [0.1, 0.15) is 11.6 Å². The van der Waals surface area contributed by atoms with Crippen molar-refractivity contribution in [1.29, 1.82) is 0 Å². The van der Waals surface area contributed by atoms with Crippen LogP contribution in [0, 0.1) is 11.6 Å². The van der Waals surface area contributed by atoms with Gasteiger partial charge in [0, 0.05) is 11.8 Å². The van der Waals surface area contributed by atoms with Gasteiger partial charge in [-0.2, -0.15) is 0 Å². The number of hydrogen-bond acceptors (Lipinski definition) is 2. The Labute approximate surface area is 117 Å². The van der Waals surface area contributed by atoms with E-state index in [1.54, 1.807) is 6.92 Å². The summed E-state index contributed by atoms with van der Waals surface area (Å²) in [6.07, 6.45) is 2.72. The lowest BCUT2D eigenvalue weighted by atomic mass is 9.90. The van der Waals surface area contributed by atoms with Crippen molar-refractivity contribution in [3.63, 3.8) is 0 Å². The van der Waals surface area contributed by atoms with Crippen LogP contribution < -0.4 is 10.6 Å². The van der Waals surface area contributed by atoms with Crippen molar-refractivity contribution in [2.75, 3.05) is 11.9 Å². The van der Waals surface area contributed by atoms with Crippen LogP contribution in [0.2, 0.25) is 0 Å². The van der Waals surface area contributed by atoms with Gasteiger partial charge < -0.3 is 10.6 Å². The molecule has 1 aromatic rings. The number of hydrogen-bond donors (Lipinski definition) is 2. The third-order valence-electron chi connectivity index (χ3n) is 3.24. The predicted octanol–water partition coefficient (Wildman–Crippen LogP) is 2.86. The molecule has 1 aliphatic rings. The normalized spacial score (nSPS) is 22.5. The predicted molar refractivity (Wildman–Crippen MR) is 72.5 cm³/mol. The van der Waals surface area contributed by atoms with Gasteiger partial charge in [-0.25, -0.2) is 8.78 Å². The fraction of sp³-hybridized carbons (Fsp3) is 0.462. The third kappa shape index (κ3) is 3.88. The maximum Gasteiger partial charge on any atom is 0.244 e. The fourth-order valence-corrected chi connectivity index (χ4v) is 2.15. The second-order valence-corrected chi connectivity index (χ2v) is 4.83. The summed E-state index contributed by atoms with van der Waals surface area (Å²) < 4.78 is 26.0. The minimum absolute atomic E-state index is 0. The molecular weight excluding hydrogens is 274 g/mol. The molecule has 1 amide bonds.